The third kappa shape index (κ3) is 2.85. The maximum atomic E-state index is 11.8. The fourth-order valence-corrected chi connectivity index (χ4v) is 3.05. The Bertz CT molecular complexity index is 477. The van der Waals surface area contributed by atoms with Gasteiger partial charge in [-0.2, -0.15) is 0 Å². The number of carbonyl (C=O) groups is 1. The summed E-state index contributed by atoms with van der Waals surface area (Å²) in [7, 11) is 0. The maximum Gasteiger partial charge on any atom is 0.258 e. The van der Waals surface area contributed by atoms with Gasteiger partial charge in [-0.3, -0.25) is 4.79 Å². The quantitative estimate of drug-likeness (QED) is 0.880. The number of nitrogens with one attached hydrogen (secondary N) is 1. The van der Waals surface area contributed by atoms with Crippen molar-refractivity contribution in [2.24, 2.45) is 17.6 Å². The number of rotatable bonds is 4. The van der Waals surface area contributed by atoms with Crippen LogP contribution in [0.3, 0.4) is 0 Å². The zero-order valence-corrected chi connectivity index (χ0v) is 11.3. The van der Waals surface area contributed by atoms with Crippen molar-refractivity contribution in [3.8, 4) is 5.75 Å². The Labute approximate surface area is 117 Å². The van der Waals surface area contributed by atoms with Gasteiger partial charge in [-0.25, -0.2) is 0 Å². The molecule has 0 aromatic heterocycles. The van der Waals surface area contributed by atoms with Gasteiger partial charge < -0.3 is 15.8 Å². The van der Waals surface area contributed by atoms with Gasteiger partial charge in [0.15, 0.2) is 6.61 Å². The normalized spacial score (nSPS) is 31.7. The number of nitrogens with two attached hydrogens (primary N) is 1. The van der Waals surface area contributed by atoms with Gasteiger partial charge in [0.1, 0.15) is 5.75 Å². The van der Waals surface area contributed by atoms with Crippen LogP contribution in [0.5, 0.6) is 5.75 Å². The minimum atomic E-state index is -0.0836. The lowest BCUT2D eigenvalue weighted by molar-refractivity contribution is -0.123. The summed E-state index contributed by atoms with van der Waals surface area (Å²) in [4.78, 5) is 11.8. The molecule has 0 spiro atoms. The molecule has 0 saturated heterocycles. The average molecular weight is 281 g/mol. The van der Waals surface area contributed by atoms with E-state index in [2.05, 4.69) is 5.32 Å². The van der Waals surface area contributed by atoms with Crippen molar-refractivity contribution >= 4 is 17.5 Å². The summed E-state index contributed by atoms with van der Waals surface area (Å²) in [6.45, 7) is 0.0325. The molecule has 2 aliphatic rings. The molecule has 4 nitrogen and oxygen atoms in total. The van der Waals surface area contributed by atoms with E-state index in [1.165, 1.54) is 0 Å². The summed E-state index contributed by atoms with van der Waals surface area (Å²) in [5.41, 5.74) is 5.97. The second-order valence-electron chi connectivity index (χ2n) is 5.38. The minimum absolute atomic E-state index is 0.0325. The number of hydrogen-bond donors (Lipinski definition) is 2. The van der Waals surface area contributed by atoms with Crippen LogP contribution < -0.4 is 15.8 Å². The smallest absolute Gasteiger partial charge is 0.258 e. The van der Waals surface area contributed by atoms with Gasteiger partial charge >= 0.3 is 0 Å². The van der Waals surface area contributed by atoms with E-state index in [1.807, 2.05) is 0 Å². The number of benzene rings is 1. The van der Waals surface area contributed by atoms with Gasteiger partial charge in [0.2, 0.25) is 0 Å². The van der Waals surface area contributed by atoms with Crippen LogP contribution in [0.4, 0.5) is 0 Å². The predicted molar refractivity (Wildman–Crippen MR) is 73.1 cm³/mol. The molecule has 2 saturated carbocycles. The van der Waals surface area contributed by atoms with Crippen LogP contribution in [-0.4, -0.2) is 24.6 Å². The number of carbonyl (C=O) groups excluding carboxylic acids is 1. The van der Waals surface area contributed by atoms with E-state index in [0.29, 0.717) is 22.6 Å². The third-order valence-corrected chi connectivity index (χ3v) is 4.27. The lowest BCUT2D eigenvalue weighted by Crippen LogP contribution is -2.39. The van der Waals surface area contributed by atoms with E-state index in [4.69, 9.17) is 22.1 Å². The highest BCUT2D eigenvalue weighted by atomic mass is 35.5. The molecule has 2 fully saturated rings. The molecule has 0 heterocycles. The summed E-state index contributed by atoms with van der Waals surface area (Å²) in [6, 6.07) is 7.46. The van der Waals surface area contributed by atoms with Gasteiger partial charge in [0.05, 0.1) is 0 Å². The fourth-order valence-electron chi connectivity index (χ4n) is 2.93. The topological polar surface area (TPSA) is 64.3 Å². The van der Waals surface area contributed by atoms with Crippen LogP contribution in [0.15, 0.2) is 24.3 Å². The SMILES string of the molecule is N[C@H]1CC(NC(=O)COc2ccc(Cl)cc2)C2CC21. The molecule has 5 heteroatoms. The summed E-state index contributed by atoms with van der Waals surface area (Å²) in [5.74, 6) is 1.78. The number of ether oxygens (including phenoxy) is 1. The largest absolute Gasteiger partial charge is 0.484 e. The lowest BCUT2D eigenvalue weighted by Gasteiger charge is -2.16. The molecule has 3 N–H and O–H groups in total. The minimum Gasteiger partial charge on any atom is -0.484 e. The highest BCUT2D eigenvalue weighted by Gasteiger charge is 2.53. The predicted octanol–water partition coefficient (Wildman–Crippen LogP) is 1.57. The first-order chi connectivity index (χ1) is 9.13. The molecule has 1 aromatic carbocycles. The molecule has 3 unspecified atom stereocenters. The van der Waals surface area contributed by atoms with Crippen molar-refractivity contribution in [2.45, 2.75) is 24.9 Å². The van der Waals surface area contributed by atoms with Crippen molar-refractivity contribution < 1.29 is 9.53 Å². The van der Waals surface area contributed by atoms with Crippen LogP contribution >= 0.6 is 11.6 Å². The van der Waals surface area contributed by atoms with Crippen molar-refractivity contribution in [2.75, 3.05) is 6.61 Å². The van der Waals surface area contributed by atoms with Crippen LogP contribution in [0, 0.1) is 11.8 Å². The first-order valence-corrected chi connectivity index (χ1v) is 6.94. The molecule has 2 aliphatic carbocycles. The van der Waals surface area contributed by atoms with Crippen molar-refractivity contribution in [3.63, 3.8) is 0 Å². The van der Waals surface area contributed by atoms with Crippen LogP contribution in [-0.2, 0) is 4.79 Å². The molecule has 102 valence electrons. The zero-order chi connectivity index (χ0) is 13.4. The molecule has 0 radical (unpaired) electrons. The average Bonchev–Trinajstić information content (AvgIpc) is 3.12. The molecular formula is C14H17ClN2O2. The molecule has 3 rings (SSSR count). The van der Waals surface area contributed by atoms with E-state index in [0.717, 1.165) is 12.8 Å². The van der Waals surface area contributed by atoms with Gasteiger partial charge in [0, 0.05) is 17.1 Å². The molecule has 1 amide bonds. The Morgan fingerprint density at radius 1 is 1.32 bits per heavy atom. The van der Waals surface area contributed by atoms with E-state index in [-0.39, 0.29) is 24.6 Å². The highest BCUT2D eigenvalue weighted by Crippen LogP contribution is 2.51. The Balaban J connectivity index is 1.45. The van der Waals surface area contributed by atoms with Gasteiger partial charge in [0.25, 0.3) is 5.91 Å². The molecular weight excluding hydrogens is 264 g/mol. The molecule has 0 aliphatic heterocycles. The first kappa shape index (κ1) is 12.8. The Hall–Kier alpha value is -1.26. The zero-order valence-electron chi connectivity index (χ0n) is 10.5. The summed E-state index contributed by atoms with van der Waals surface area (Å²) < 4.78 is 5.41. The van der Waals surface area contributed by atoms with Crippen molar-refractivity contribution in [1.82, 2.24) is 5.32 Å². The van der Waals surface area contributed by atoms with E-state index < -0.39 is 0 Å². The van der Waals surface area contributed by atoms with Gasteiger partial charge in [-0.1, -0.05) is 11.6 Å². The summed E-state index contributed by atoms with van der Waals surface area (Å²) >= 11 is 5.78. The van der Waals surface area contributed by atoms with E-state index >= 15 is 0 Å². The highest BCUT2D eigenvalue weighted by molar-refractivity contribution is 6.30. The number of halogens is 1. The van der Waals surface area contributed by atoms with Crippen molar-refractivity contribution in [3.05, 3.63) is 29.3 Å². The number of hydrogen-bond acceptors (Lipinski definition) is 3. The van der Waals surface area contributed by atoms with Gasteiger partial charge in [-0.15, -0.1) is 0 Å². The second-order valence-corrected chi connectivity index (χ2v) is 5.82. The van der Waals surface area contributed by atoms with Crippen LogP contribution in [0.2, 0.25) is 5.02 Å². The van der Waals surface area contributed by atoms with Crippen molar-refractivity contribution in [1.29, 1.82) is 0 Å². The lowest BCUT2D eigenvalue weighted by atomic mass is 10.1. The molecule has 1 aromatic rings. The van der Waals surface area contributed by atoms with Gasteiger partial charge in [-0.05, 0) is 48.9 Å². The summed E-state index contributed by atoms with van der Waals surface area (Å²) in [5, 5.41) is 3.66. The molecule has 19 heavy (non-hydrogen) atoms. The Morgan fingerprint density at radius 2 is 2.05 bits per heavy atom. The monoisotopic (exact) mass is 280 g/mol. The maximum absolute atomic E-state index is 11.8. The third-order valence-electron chi connectivity index (χ3n) is 4.01. The Kier molecular flexibility index (Phi) is 3.37. The van der Waals surface area contributed by atoms with E-state index in [9.17, 15) is 4.79 Å². The van der Waals surface area contributed by atoms with E-state index in [1.54, 1.807) is 24.3 Å². The fraction of sp³-hybridized carbons (Fsp3) is 0.500. The second kappa shape index (κ2) is 5.02. The van der Waals surface area contributed by atoms with Crippen LogP contribution in [0.25, 0.3) is 0 Å². The first-order valence-electron chi connectivity index (χ1n) is 6.57. The number of amides is 1. The Morgan fingerprint density at radius 3 is 2.63 bits per heavy atom. The standard InChI is InChI=1S/C14H17ClN2O2/c15-8-1-3-9(4-2-8)19-7-14(18)17-13-6-12(16)10-5-11(10)13/h1-4,10-13H,5-7,16H2,(H,17,18)/t10?,11?,12-,13?/m0/s1. The van der Waals surface area contributed by atoms with Crippen LogP contribution in [0.1, 0.15) is 12.8 Å². The molecule has 0 bridgehead atoms. The summed E-state index contributed by atoms with van der Waals surface area (Å²) in [6.07, 6.45) is 2.05. The number of fused-ring (bicyclic) bond motifs is 1. The molecule has 4 atom stereocenters.